The Hall–Kier alpha value is -0.0400. The predicted molar refractivity (Wildman–Crippen MR) is 34.3 cm³/mol. The molecule has 48 valence electrons. The molecule has 0 spiro atoms. The van der Waals surface area contributed by atoms with Crippen LogP contribution in [0.4, 0.5) is 0 Å². The van der Waals surface area contributed by atoms with Crippen LogP contribution in [0.3, 0.4) is 0 Å². The Morgan fingerprint density at radius 3 is 2.12 bits per heavy atom. The van der Waals surface area contributed by atoms with Crippen molar-refractivity contribution in [3.63, 3.8) is 0 Å². The summed E-state index contributed by atoms with van der Waals surface area (Å²) in [5.74, 6) is 0.976. The molecule has 1 rings (SSSR count). The molecular formula is C7H16N+. The predicted octanol–water partition coefficient (Wildman–Crippen LogP) is 0.809. The average molecular weight is 114 g/mol. The van der Waals surface area contributed by atoms with Gasteiger partial charge in [-0.15, -0.1) is 0 Å². The third kappa shape index (κ3) is 1.48. The highest BCUT2D eigenvalue weighted by molar-refractivity contribution is 4.62. The maximum atomic E-state index is 3.91. The molecule has 0 aromatic carbocycles. The maximum Gasteiger partial charge on any atom is 0.0768 e. The third-order valence-corrected chi connectivity index (χ3v) is 2.13. The van der Waals surface area contributed by atoms with E-state index in [9.17, 15) is 0 Å². The van der Waals surface area contributed by atoms with Gasteiger partial charge in [-0.1, -0.05) is 19.3 Å². The van der Waals surface area contributed by atoms with Gasteiger partial charge in [0.15, 0.2) is 0 Å². The molecule has 8 heavy (non-hydrogen) atoms. The van der Waals surface area contributed by atoms with Gasteiger partial charge in [-0.05, 0) is 12.8 Å². The topological polar surface area (TPSA) is 27.6 Å². The number of quaternary nitrogens is 1. The molecule has 1 aliphatic rings. The lowest BCUT2D eigenvalue weighted by Crippen LogP contribution is -2.53. The van der Waals surface area contributed by atoms with Crippen LogP contribution in [-0.2, 0) is 0 Å². The van der Waals surface area contributed by atoms with Crippen molar-refractivity contribution in [1.29, 1.82) is 0 Å². The van der Waals surface area contributed by atoms with Crippen LogP contribution in [0.25, 0.3) is 0 Å². The summed E-state index contributed by atoms with van der Waals surface area (Å²) in [6.07, 6.45) is 7.28. The van der Waals surface area contributed by atoms with Gasteiger partial charge in [0.1, 0.15) is 0 Å². The summed E-state index contributed by atoms with van der Waals surface area (Å²) >= 11 is 0. The Balaban J connectivity index is 2.13. The van der Waals surface area contributed by atoms with Crippen molar-refractivity contribution in [3.8, 4) is 0 Å². The Morgan fingerprint density at radius 1 is 1.12 bits per heavy atom. The summed E-state index contributed by atoms with van der Waals surface area (Å²) in [7, 11) is 0. The van der Waals surface area contributed by atoms with E-state index >= 15 is 0 Å². The molecule has 0 radical (unpaired) electrons. The smallest absolute Gasteiger partial charge is 0.0768 e. The molecule has 0 aliphatic heterocycles. The number of rotatable bonds is 1. The van der Waals surface area contributed by atoms with Crippen LogP contribution in [0.2, 0.25) is 0 Å². The molecule has 0 bridgehead atoms. The zero-order chi connectivity index (χ0) is 5.82. The SMILES string of the molecule is [NH3+]CC1CCCCC1. The first-order chi connectivity index (χ1) is 3.93. The first-order valence-corrected chi connectivity index (χ1v) is 3.72. The fourth-order valence-corrected chi connectivity index (χ4v) is 1.48. The molecule has 0 saturated heterocycles. The monoisotopic (exact) mass is 114 g/mol. The standard InChI is InChI=1S/C7H15N/c8-6-7-4-2-1-3-5-7/h7H,1-6,8H2/p+1. The minimum absolute atomic E-state index is 0.976. The second kappa shape index (κ2) is 3.08. The molecule has 3 N–H and O–H groups in total. The zero-order valence-electron chi connectivity index (χ0n) is 5.53. The van der Waals surface area contributed by atoms with Crippen LogP contribution in [0.5, 0.6) is 0 Å². The Morgan fingerprint density at radius 2 is 1.75 bits per heavy atom. The highest BCUT2D eigenvalue weighted by Crippen LogP contribution is 2.21. The Bertz CT molecular complexity index is 55.4. The molecule has 0 heterocycles. The molecule has 1 heteroatoms. The van der Waals surface area contributed by atoms with Crippen LogP contribution in [0.1, 0.15) is 32.1 Å². The van der Waals surface area contributed by atoms with E-state index < -0.39 is 0 Å². The van der Waals surface area contributed by atoms with Gasteiger partial charge in [0.2, 0.25) is 0 Å². The molecule has 1 aliphatic carbocycles. The van der Waals surface area contributed by atoms with Crippen LogP contribution >= 0.6 is 0 Å². The lowest BCUT2D eigenvalue weighted by Gasteiger charge is -2.16. The van der Waals surface area contributed by atoms with Crippen molar-refractivity contribution < 1.29 is 5.73 Å². The molecule has 1 saturated carbocycles. The van der Waals surface area contributed by atoms with Gasteiger partial charge < -0.3 is 5.73 Å². The number of hydrogen-bond donors (Lipinski definition) is 1. The normalized spacial score (nSPS) is 23.6. The van der Waals surface area contributed by atoms with Crippen molar-refractivity contribution in [1.82, 2.24) is 0 Å². The minimum atomic E-state index is 0.976. The van der Waals surface area contributed by atoms with Gasteiger partial charge in [-0.3, -0.25) is 0 Å². The van der Waals surface area contributed by atoms with Crippen LogP contribution < -0.4 is 5.73 Å². The molecule has 0 amide bonds. The van der Waals surface area contributed by atoms with Gasteiger partial charge in [-0.25, -0.2) is 0 Å². The molecule has 0 aromatic heterocycles. The lowest BCUT2D eigenvalue weighted by atomic mass is 9.90. The zero-order valence-corrected chi connectivity index (χ0v) is 5.53. The van der Waals surface area contributed by atoms with Gasteiger partial charge in [0.05, 0.1) is 6.54 Å². The molecule has 0 atom stereocenters. The molecule has 1 nitrogen and oxygen atoms in total. The summed E-state index contributed by atoms with van der Waals surface area (Å²) in [6.45, 7) is 1.17. The maximum absolute atomic E-state index is 3.91. The van der Waals surface area contributed by atoms with Crippen LogP contribution in [-0.4, -0.2) is 6.54 Å². The Kier molecular flexibility index (Phi) is 2.34. The third-order valence-electron chi connectivity index (χ3n) is 2.13. The van der Waals surface area contributed by atoms with Crippen LogP contribution in [0, 0.1) is 5.92 Å². The van der Waals surface area contributed by atoms with E-state index in [1.54, 1.807) is 0 Å². The average Bonchev–Trinajstić information content (AvgIpc) is 1.90. The number of hydrogen-bond acceptors (Lipinski definition) is 0. The molecule has 0 aromatic rings. The summed E-state index contributed by atoms with van der Waals surface area (Å²) in [4.78, 5) is 0. The van der Waals surface area contributed by atoms with E-state index in [4.69, 9.17) is 0 Å². The fourth-order valence-electron chi connectivity index (χ4n) is 1.48. The first kappa shape index (κ1) is 6.09. The van der Waals surface area contributed by atoms with E-state index in [0.717, 1.165) is 5.92 Å². The lowest BCUT2D eigenvalue weighted by molar-refractivity contribution is -0.380. The molecular weight excluding hydrogens is 98.1 g/mol. The quantitative estimate of drug-likeness (QED) is 0.522. The highest BCUT2D eigenvalue weighted by atomic mass is 14.5. The second-order valence-electron chi connectivity index (χ2n) is 2.79. The summed E-state index contributed by atoms with van der Waals surface area (Å²) in [5.41, 5.74) is 3.91. The van der Waals surface area contributed by atoms with Gasteiger partial charge in [0.25, 0.3) is 0 Å². The van der Waals surface area contributed by atoms with Crippen molar-refractivity contribution >= 4 is 0 Å². The first-order valence-electron chi connectivity index (χ1n) is 3.72. The van der Waals surface area contributed by atoms with E-state index in [1.807, 2.05) is 0 Å². The molecule has 0 unspecified atom stereocenters. The van der Waals surface area contributed by atoms with Crippen molar-refractivity contribution in [2.45, 2.75) is 32.1 Å². The fraction of sp³-hybridized carbons (Fsp3) is 1.00. The summed E-state index contributed by atoms with van der Waals surface area (Å²) < 4.78 is 0. The van der Waals surface area contributed by atoms with Gasteiger partial charge in [0, 0.05) is 5.92 Å². The minimum Gasteiger partial charge on any atom is -0.357 e. The van der Waals surface area contributed by atoms with Crippen molar-refractivity contribution in [2.75, 3.05) is 6.54 Å². The highest BCUT2D eigenvalue weighted by Gasteiger charge is 2.11. The van der Waals surface area contributed by atoms with Crippen LogP contribution in [0.15, 0.2) is 0 Å². The van der Waals surface area contributed by atoms with E-state index in [-0.39, 0.29) is 0 Å². The summed E-state index contributed by atoms with van der Waals surface area (Å²) in [6, 6.07) is 0. The van der Waals surface area contributed by atoms with Gasteiger partial charge >= 0.3 is 0 Å². The van der Waals surface area contributed by atoms with Crippen molar-refractivity contribution in [3.05, 3.63) is 0 Å². The second-order valence-corrected chi connectivity index (χ2v) is 2.79. The summed E-state index contributed by atoms with van der Waals surface area (Å²) in [5, 5.41) is 0. The Labute approximate surface area is 51.3 Å². The van der Waals surface area contributed by atoms with Gasteiger partial charge in [-0.2, -0.15) is 0 Å². The largest absolute Gasteiger partial charge is 0.357 e. The van der Waals surface area contributed by atoms with E-state index in [2.05, 4.69) is 5.73 Å². The molecule has 1 fully saturated rings. The van der Waals surface area contributed by atoms with E-state index in [1.165, 1.54) is 38.6 Å². The van der Waals surface area contributed by atoms with E-state index in [0.29, 0.717) is 0 Å². The van der Waals surface area contributed by atoms with Crippen molar-refractivity contribution in [2.24, 2.45) is 5.92 Å².